The largest absolute Gasteiger partial charge is 0.462 e. The Morgan fingerprint density at radius 1 is 1.14 bits per heavy atom. The Balaban J connectivity index is 2.04. The predicted molar refractivity (Wildman–Crippen MR) is 86.6 cm³/mol. The van der Waals surface area contributed by atoms with Crippen LogP contribution in [0.2, 0.25) is 0 Å². The van der Waals surface area contributed by atoms with Crippen LogP contribution in [0.15, 0.2) is 24.3 Å². The monoisotopic (exact) mass is 288 g/mol. The van der Waals surface area contributed by atoms with Gasteiger partial charge in [0.1, 0.15) is 0 Å². The minimum atomic E-state index is -0.142. The van der Waals surface area contributed by atoms with Gasteiger partial charge in [-0.3, -0.25) is 0 Å². The van der Waals surface area contributed by atoms with E-state index in [2.05, 4.69) is 19.9 Å². The van der Waals surface area contributed by atoms with Gasteiger partial charge in [0.15, 0.2) is 0 Å². The minimum absolute atomic E-state index is 0.142. The number of ether oxygens (including phenoxy) is 1. The third-order valence-corrected chi connectivity index (χ3v) is 4.78. The molecule has 0 spiro atoms. The molecule has 116 valence electrons. The van der Waals surface area contributed by atoms with Crippen molar-refractivity contribution in [2.24, 2.45) is 5.92 Å². The summed E-state index contributed by atoms with van der Waals surface area (Å²) in [5.74, 6) is 1.27. The molecule has 1 fully saturated rings. The van der Waals surface area contributed by atoms with Gasteiger partial charge >= 0.3 is 5.97 Å². The fourth-order valence-corrected chi connectivity index (χ4v) is 3.31. The maximum Gasteiger partial charge on any atom is 0.338 e. The summed E-state index contributed by atoms with van der Waals surface area (Å²) in [6.45, 7) is 4.92. The Labute approximate surface area is 128 Å². The van der Waals surface area contributed by atoms with Crippen LogP contribution in [0.3, 0.4) is 0 Å². The lowest BCUT2D eigenvalue weighted by atomic mass is 9.76. The molecule has 1 aliphatic carbocycles. The number of rotatable bonds is 6. The van der Waals surface area contributed by atoms with Crippen molar-refractivity contribution >= 4 is 5.97 Å². The standard InChI is InChI=1S/C19H28O2/c1-3-5-14-21-19(20)18-9-7-6-8-17(18)16-12-10-15(4-2)11-13-16/h6-9,15-16H,3-5,10-14H2,1-2H3. The van der Waals surface area contributed by atoms with Crippen molar-refractivity contribution in [1.29, 1.82) is 0 Å². The number of benzene rings is 1. The molecule has 0 aliphatic heterocycles. The second-order valence-electron chi connectivity index (χ2n) is 6.20. The molecule has 0 atom stereocenters. The van der Waals surface area contributed by atoms with Crippen molar-refractivity contribution in [3.63, 3.8) is 0 Å². The summed E-state index contributed by atoms with van der Waals surface area (Å²) >= 11 is 0. The Morgan fingerprint density at radius 3 is 2.52 bits per heavy atom. The molecule has 0 heterocycles. The van der Waals surface area contributed by atoms with Crippen LogP contribution in [0.5, 0.6) is 0 Å². The van der Waals surface area contributed by atoms with E-state index in [0.29, 0.717) is 12.5 Å². The first-order valence-corrected chi connectivity index (χ1v) is 8.52. The van der Waals surface area contributed by atoms with E-state index >= 15 is 0 Å². The van der Waals surface area contributed by atoms with E-state index in [-0.39, 0.29) is 5.97 Å². The van der Waals surface area contributed by atoms with Crippen molar-refractivity contribution in [1.82, 2.24) is 0 Å². The quantitative estimate of drug-likeness (QED) is 0.522. The molecule has 1 saturated carbocycles. The Kier molecular flexibility index (Phi) is 6.28. The molecule has 0 N–H and O–H groups in total. The van der Waals surface area contributed by atoms with Crippen LogP contribution in [-0.4, -0.2) is 12.6 Å². The number of carbonyl (C=O) groups excluding carboxylic acids is 1. The van der Waals surface area contributed by atoms with Crippen LogP contribution < -0.4 is 0 Å². The van der Waals surface area contributed by atoms with Gasteiger partial charge in [0.2, 0.25) is 0 Å². The maximum absolute atomic E-state index is 12.3. The second kappa shape index (κ2) is 8.21. The van der Waals surface area contributed by atoms with Gasteiger partial charge in [0.05, 0.1) is 12.2 Å². The molecule has 2 nitrogen and oxygen atoms in total. The molecule has 2 rings (SSSR count). The van der Waals surface area contributed by atoms with E-state index in [1.165, 1.54) is 37.7 Å². The smallest absolute Gasteiger partial charge is 0.338 e. The highest BCUT2D eigenvalue weighted by Gasteiger charge is 2.25. The Morgan fingerprint density at radius 2 is 1.86 bits per heavy atom. The number of unbranched alkanes of at least 4 members (excludes halogenated alkanes) is 1. The fraction of sp³-hybridized carbons (Fsp3) is 0.632. The summed E-state index contributed by atoms with van der Waals surface area (Å²) in [5.41, 5.74) is 1.99. The second-order valence-corrected chi connectivity index (χ2v) is 6.20. The Hall–Kier alpha value is -1.31. The average Bonchev–Trinajstić information content (AvgIpc) is 2.55. The van der Waals surface area contributed by atoms with Crippen molar-refractivity contribution in [3.8, 4) is 0 Å². The van der Waals surface area contributed by atoms with Crippen LogP contribution in [0, 0.1) is 5.92 Å². The van der Waals surface area contributed by atoms with Gasteiger partial charge in [0, 0.05) is 0 Å². The normalized spacial score (nSPS) is 22.0. The first-order chi connectivity index (χ1) is 10.3. The number of esters is 1. The zero-order valence-electron chi connectivity index (χ0n) is 13.4. The van der Waals surface area contributed by atoms with E-state index in [1.807, 2.05) is 18.2 Å². The zero-order valence-corrected chi connectivity index (χ0v) is 13.4. The van der Waals surface area contributed by atoms with Crippen LogP contribution in [0.4, 0.5) is 0 Å². The molecule has 0 bridgehead atoms. The molecule has 1 aromatic carbocycles. The molecule has 0 aromatic heterocycles. The highest BCUT2D eigenvalue weighted by Crippen LogP contribution is 2.38. The highest BCUT2D eigenvalue weighted by atomic mass is 16.5. The summed E-state index contributed by atoms with van der Waals surface area (Å²) in [6, 6.07) is 8.03. The third-order valence-electron chi connectivity index (χ3n) is 4.78. The number of hydrogen-bond acceptors (Lipinski definition) is 2. The van der Waals surface area contributed by atoms with Gasteiger partial charge in [0.25, 0.3) is 0 Å². The first kappa shape index (κ1) is 16.1. The number of hydrogen-bond donors (Lipinski definition) is 0. The molecular weight excluding hydrogens is 260 g/mol. The van der Waals surface area contributed by atoms with Gasteiger partial charge in [-0.2, -0.15) is 0 Å². The summed E-state index contributed by atoms with van der Waals surface area (Å²) in [7, 11) is 0. The van der Waals surface area contributed by atoms with E-state index in [4.69, 9.17) is 4.74 Å². The van der Waals surface area contributed by atoms with Crippen molar-refractivity contribution in [2.45, 2.75) is 64.7 Å². The van der Waals surface area contributed by atoms with Crippen LogP contribution in [-0.2, 0) is 4.74 Å². The number of carbonyl (C=O) groups is 1. The summed E-state index contributed by atoms with van der Waals surface area (Å²) in [6.07, 6.45) is 8.27. The van der Waals surface area contributed by atoms with Gasteiger partial charge < -0.3 is 4.74 Å². The molecular formula is C19H28O2. The lowest BCUT2D eigenvalue weighted by Gasteiger charge is -2.29. The van der Waals surface area contributed by atoms with Crippen molar-refractivity contribution in [3.05, 3.63) is 35.4 Å². The Bertz CT molecular complexity index is 445. The highest BCUT2D eigenvalue weighted by molar-refractivity contribution is 5.91. The molecule has 0 radical (unpaired) electrons. The molecule has 0 unspecified atom stereocenters. The lowest BCUT2D eigenvalue weighted by molar-refractivity contribution is 0.0497. The predicted octanol–water partition coefficient (Wildman–Crippen LogP) is 5.33. The lowest BCUT2D eigenvalue weighted by Crippen LogP contribution is -2.16. The average molecular weight is 288 g/mol. The summed E-state index contributed by atoms with van der Waals surface area (Å²) in [4.78, 5) is 12.3. The van der Waals surface area contributed by atoms with Gasteiger partial charge in [-0.1, -0.05) is 44.9 Å². The summed E-state index contributed by atoms with van der Waals surface area (Å²) in [5, 5.41) is 0. The van der Waals surface area contributed by atoms with Crippen molar-refractivity contribution < 1.29 is 9.53 Å². The molecule has 1 aromatic rings. The molecule has 21 heavy (non-hydrogen) atoms. The van der Waals surface area contributed by atoms with Crippen LogP contribution >= 0.6 is 0 Å². The van der Waals surface area contributed by atoms with E-state index in [9.17, 15) is 4.79 Å². The SMILES string of the molecule is CCCCOC(=O)c1ccccc1C1CCC(CC)CC1. The van der Waals surface area contributed by atoms with Gasteiger partial charge in [-0.25, -0.2) is 4.79 Å². The zero-order chi connectivity index (χ0) is 15.1. The first-order valence-electron chi connectivity index (χ1n) is 8.52. The van der Waals surface area contributed by atoms with Gasteiger partial charge in [-0.15, -0.1) is 0 Å². The summed E-state index contributed by atoms with van der Waals surface area (Å²) < 4.78 is 5.40. The van der Waals surface area contributed by atoms with Crippen LogP contribution in [0.25, 0.3) is 0 Å². The van der Waals surface area contributed by atoms with Gasteiger partial charge in [-0.05, 0) is 55.6 Å². The van der Waals surface area contributed by atoms with Crippen molar-refractivity contribution in [2.75, 3.05) is 6.61 Å². The molecule has 0 amide bonds. The van der Waals surface area contributed by atoms with Crippen LogP contribution in [0.1, 0.15) is 80.6 Å². The minimum Gasteiger partial charge on any atom is -0.462 e. The maximum atomic E-state index is 12.3. The third kappa shape index (κ3) is 4.33. The topological polar surface area (TPSA) is 26.3 Å². The molecule has 0 saturated heterocycles. The van der Waals surface area contributed by atoms with E-state index in [0.717, 1.165) is 24.3 Å². The molecule has 1 aliphatic rings. The van der Waals surface area contributed by atoms with E-state index in [1.54, 1.807) is 0 Å². The molecule has 2 heteroatoms. The fourth-order valence-electron chi connectivity index (χ4n) is 3.31. The van der Waals surface area contributed by atoms with E-state index < -0.39 is 0 Å².